The summed E-state index contributed by atoms with van der Waals surface area (Å²) in [6.07, 6.45) is 8.08. The van der Waals surface area contributed by atoms with Gasteiger partial charge in [-0.25, -0.2) is 13.2 Å². The summed E-state index contributed by atoms with van der Waals surface area (Å²) in [6, 6.07) is 10.6. The van der Waals surface area contributed by atoms with Crippen LogP contribution in [0.4, 0.5) is 17.6 Å². The molecule has 7 heteroatoms. The van der Waals surface area contributed by atoms with Crippen LogP contribution in [0.25, 0.3) is 5.57 Å². The van der Waals surface area contributed by atoms with E-state index in [4.69, 9.17) is 14.2 Å². The fourth-order valence-corrected chi connectivity index (χ4v) is 6.81. The largest absolute Gasteiger partial charge is 0.491 e. The maximum absolute atomic E-state index is 15.3. The second-order valence-corrected chi connectivity index (χ2v) is 11.8. The Hall–Kier alpha value is -2.64. The molecule has 0 spiro atoms. The van der Waals surface area contributed by atoms with Gasteiger partial charge in [0.1, 0.15) is 11.4 Å². The summed E-state index contributed by atoms with van der Waals surface area (Å²) in [5, 5.41) is 0. The maximum atomic E-state index is 15.3. The third kappa shape index (κ3) is 6.26. The number of benzene rings is 2. The minimum Gasteiger partial charge on any atom is -0.491 e. The van der Waals surface area contributed by atoms with E-state index in [1.54, 1.807) is 6.92 Å². The van der Waals surface area contributed by atoms with Gasteiger partial charge in [0.05, 0.1) is 19.3 Å². The molecule has 0 aromatic heterocycles. The molecule has 3 nitrogen and oxygen atoms in total. The van der Waals surface area contributed by atoms with Crippen molar-refractivity contribution in [2.75, 3.05) is 13.2 Å². The molecule has 0 bridgehead atoms. The Labute approximate surface area is 240 Å². The van der Waals surface area contributed by atoms with Crippen LogP contribution >= 0.6 is 0 Å². The summed E-state index contributed by atoms with van der Waals surface area (Å²) >= 11 is 0. The van der Waals surface area contributed by atoms with Gasteiger partial charge in [0.25, 0.3) is 0 Å². The molecule has 5 rings (SSSR count). The molecule has 0 aliphatic heterocycles. The third-order valence-electron chi connectivity index (χ3n) is 9.17. The zero-order valence-electron chi connectivity index (χ0n) is 24.1. The quantitative estimate of drug-likeness (QED) is 0.281. The molecule has 3 aliphatic carbocycles. The second-order valence-electron chi connectivity index (χ2n) is 11.8. The Bertz CT molecular complexity index is 1270. The van der Waals surface area contributed by atoms with Crippen molar-refractivity contribution in [1.82, 2.24) is 0 Å². The minimum absolute atomic E-state index is 0.0877. The summed E-state index contributed by atoms with van der Waals surface area (Å²) < 4.78 is 76.4. The Kier molecular flexibility index (Phi) is 9.24. The molecule has 0 saturated heterocycles. The number of ether oxygens (including phenoxy) is 3. The summed E-state index contributed by atoms with van der Waals surface area (Å²) in [4.78, 5) is 0. The van der Waals surface area contributed by atoms with Crippen LogP contribution in [0, 0.1) is 23.5 Å². The van der Waals surface area contributed by atoms with Crippen LogP contribution in [-0.2, 0) is 16.1 Å². The molecule has 0 heterocycles. The Morgan fingerprint density at radius 2 is 1.59 bits per heavy atom. The molecular formula is C34H40F4O3. The molecule has 0 N–H and O–H groups in total. The van der Waals surface area contributed by atoms with E-state index in [0.717, 1.165) is 30.4 Å². The normalized spacial score (nSPS) is 29.9. The number of rotatable bonds is 9. The standard InChI is InChI=1S/C34H40F4O3/c1-4-39-26-13-12-24-18-23(10-11-25(24)19-26)22-8-6-21(7-9-22)20-41-34(3)17-16-28(31(36)33(34)38)27-14-15-29(40-5-2)32(37)30(27)35/h6-9,14-17,23-26,33H,4-5,10-13,18-20H2,1-3H3. The molecule has 222 valence electrons. The van der Waals surface area contributed by atoms with Crippen LogP contribution in [0.3, 0.4) is 0 Å². The monoisotopic (exact) mass is 572 g/mol. The van der Waals surface area contributed by atoms with Crippen molar-refractivity contribution in [2.45, 2.75) is 89.7 Å². The van der Waals surface area contributed by atoms with Crippen molar-refractivity contribution in [1.29, 1.82) is 0 Å². The predicted molar refractivity (Wildman–Crippen MR) is 152 cm³/mol. The highest BCUT2D eigenvalue weighted by molar-refractivity contribution is 5.78. The maximum Gasteiger partial charge on any atom is 0.201 e. The molecule has 2 aromatic rings. The first-order chi connectivity index (χ1) is 19.7. The van der Waals surface area contributed by atoms with Gasteiger partial charge in [-0.1, -0.05) is 30.3 Å². The Morgan fingerprint density at radius 1 is 0.854 bits per heavy atom. The Morgan fingerprint density at radius 3 is 2.32 bits per heavy atom. The van der Waals surface area contributed by atoms with Crippen LogP contribution in [0.2, 0.25) is 0 Å². The summed E-state index contributed by atoms with van der Waals surface area (Å²) in [5.41, 5.74) is -0.128. The van der Waals surface area contributed by atoms with Gasteiger partial charge in [-0.15, -0.1) is 0 Å². The second kappa shape index (κ2) is 12.7. The van der Waals surface area contributed by atoms with Gasteiger partial charge in [-0.2, -0.15) is 4.39 Å². The topological polar surface area (TPSA) is 27.7 Å². The highest BCUT2D eigenvalue weighted by atomic mass is 19.2. The predicted octanol–water partition coefficient (Wildman–Crippen LogP) is 9.02. The number of fused-ring (bicyclic) bond motifs is 1. The van der Waals surface area contributed by atoms with Crippen LogP contribution in [0.15, 0.2) is 54.4 Å². The van der Waals surface area contributed by atoms with Gasteiger partial charge in [0.15, 0.2) is 17.7 Å². The summed E-state index contributed by atoms with van der Waals surface area (Å²) in [6.45, 7) is 6.19. The fraction of sp³-hybridized carbons (Fsp3) is 0.529. The van der Waals surface area contributed by atoms with Crippen LogP contribution < -0.4 is 4.74 Å². The van der Waals surface area contributed by atoms with E-state index in [1.165, 1.54) is 68.9 Å². The molecule has 3 aliphatic rings. The van der Waals surface area contributed by atoms with Crippen LogP contribution in [0.1, 0.15) is 81.9 Å². The van der Waals surface area contributed by atoms with E-state index >= 15 is 8.78 Å². The number of alkyl halides is 1. The minimum atomic E-state index is -2.18. The van der Waals surface area contributed by atoms with E-state index < -0.39 is 29.2 Å². The smallest absolute Gasteiger partial charge is 0.201 e. The molecule has 0 radical (unpaired) electrons. The highest BCUT2D eigenvalue weighted by Crippen LogP contribution is 2.47. The first kappa shape index (κ1) is 29.8. The molecule has 6 atom stereocenters. The van der Waals surface area contributed by atoms with Gasteiger partial charge in [0, 0.05) is 17.7 Å². The van der Waals surface area contributed by atoms with Crippen molar-refractivity contribution in [2.24, 2.45) is 11.8 Å². The van der Waals surface area contributed by atoms with Crippen molar-refractivity contribution >= 4 is 5.57 Å². The summed E-state index contributed by atoms with van der Waals surface area (Å²) in [7, 11) is 0. The van der Waals surface area contributed by atoms with Gasteiger partial charge < -0.3 is 14.2 Å². The molecule has 2 fully saturated rings. The van der Waals surface area contributed by atoms with Gasteiger partial charge in [0.2, 0.25) is 5.82 Å². The third-order valence-corrected chi connectivity index (χ3v) is 9.17. The number of halogens is 4. The van der Waals surface area contributed by atoms with E-state index in [9.17, 15) is 8.78 Å². The molecule has 2 saturated carbocycles. The average Bonchev–Trinajstić information content (AvgIpc) is 2.98. The van der Waals surface area contributed by atoms with Crippen molar-refractivity contribution in [3.63, 3.8) is 0 Å². The van der Waals surface area contributed by atoms with Crippen molar-refractivity contribution in [3.05, 3.63) is 82.7 Å². The number of allylic oxidation sites excluding steroid dienone is 2. The van der Waals surface area contributed by atoms with Crippen molar-refractivity contribution < 1.29 is 31.8 Å². The summed E-state index contributed by atoms with van der Waals surface area (Å²) in [5.74, 6) is -1.93. The van der Waals surface area contributed by atoms with Gasteiger partial charge in [-0.05, 0) is 106 Å². The molecule has 41 heavy (non-hydrogen) atoms. The molecule has 2 aromatic carbocycles. The fourth-order valence-electron chi connectivity index (χ4n) is 6.81. The first-order valence-electron chi connectivity index (χ1n) is 14.9. The van der Waals surface area contributed by atoms with Crippen LogP contribution in [0.5, 0.6) is 5.75 Å². The first-order valence-corrected chi connectivity index (χ1v) is 14.9. The lowest BCUT2D eigenvalue weighted by atomic mass is 9.65. The zero-order valence-corrected chi connectivity index (χ0v) is 24.1. The van der Waals surface area contributed by atoms with E-state index in [1.807, 2.05) is 12.1 Å². The average molecular weight is 573 g/mol. The molecule has 0 amide bonds. The zero-order chi connectivity index (χ0) is 29.1. The van der Waals surface area contributed by atoms with Gasteiger partial charge >= 0.3 is 0 Å². The highest BCUT2D eigenvalue weighted by Gasteiger charge is 2.41. The van der Waals surface area contributed by atoms with E-state index in [0.29, 0.717) is 12.0 Å². The molecular weight excluding hydrogens is 532 g/mol. The number of hydrogen-bond acceptors (Lipinski definition) is 3. The Balaban J connectivity index is 1.20. The van der Waals surface area contributed by atoms with E-state index in [-0.39, 0.29) is 30.1 Å². The lowest BCUT2D eigenvalue weighted by Gasteiger charge is -2.42. The lowest BCUT2D eigenvalue weighted by Crippen LogP contribution is -2.40. The SMILES string of the molecule is CCOc1ccc(C2=C(F)C(F)C(C)(OCc3ccc(C4CCC5CC(OCC)CCC5C4)cc3)C=C2)c(F)c1F. The van der Waals surface area contributed by atoms with Crippen molar-refractivity contribution in [3.8, 4) is 5.75 Å². The van der Waals surface area contributed by atoms with Crippen LogP contribution in [-0.4, -0.2) is 31.1 Å². The lowest BCUT2D eigenvalue weighted by molar-refractivity contribution is -0.0543. The van der Waals surface area contributed by atoms with E-state index in [2.05, 4.69) is 19.1 Å². The van der Waals surface area contributed by atoms with Gasteiger partial charge in [-0.3, -0.25) is 0 Å². The number of hydrogen-bond donors (Lipinski definition) is 0. The molecule has 6 unspecified atom stereocenters.